The predicted molar refractivity (Wildman–Crippen MR) is 64.5 cm³/mol. The zero-order chi connectivity index (χ0) is 12.8. The second-order valence-electron chi connectivity index (χ2n) is 3.59. The summed E-state index contributed by atoms with van der Waals surface area (Å²) in [7, 11) is 1.54. The van der Waals surface area contributed by atoms with Gasteiger partial charge in [-0.25, -0.2) is 0 Å². The van der Waals surface area contributed by atoms with Crippen molar-refractivity contribution >= 4 is 5.78 Å². The maximum absolute atomic E-state index is 12.3. The number of carbonyl (C=O) groups is 1. The largest absolute Gasteiger partial charge is 0.493 e. The number of aryl methyl sites for hydroxylation is 1. The molecule has 96 valence electrons. The third-order valence-electron chi connectivity index (χ3n) is 2.59. The van der Waals surface area contributed by atoms with Gasteiger partial charge in [-0.15, -0.1) is 0 Å². The highest BCUT2D eigenvalue weighted by molar-refractivity contribution is 6.00. The van der Waals surface area contributed by atoms with Gasteiger partial charge in [0.25, 0.3) is 0 Å². The number of nitrogens with zero attached hydrogens (tertiary/aromatic N) is 2. The first-order chi connectivity index (χ1) is 8.19. The summed E-state index contributed by atoms with van der Waals surface area (Å²) in [6, 6.07) is 0. The van der Waals surface area contributed by atoms with E-state index in [9.17, 15) is 4.79 Å². The molecule has 0 aromatic carbocycles. The number of ketones is 1. The van der Waals surface area contributed by atoms with Crippen molar-refractivity contribution in [2.24, 2.45) is 0 Å². The third kappa shape index (κ3) is 2.85. The van der Waals surface area contributed by atoms with Gasteiger partial charge in [0.05, 0.1) is 13.3 Å². The summed E-state index contributed by atoms with van der Waals surface area (Å²) in [5, 5.41) is 4.12. The van der Waals surface area contributed by atoms with Crippen LogP contribution in [0.1, 0.15) is 37.7 Å². The molecular formula is C12H20N2O3. The van der Waals surface area contributed by atoms with E-state index in [2.05, 4.69) is 5.10 Å². The highest BCUT2D eigenvalue weighted by Crippen LogP contribution is 2.21. The summed E-state index contributed by atoms with van der Waals surface area (Å²) in [5.74, 6) is 0.445. The Bertz CT molecular complexity index is 352. The molecule has 1 aromatic heterocycles. The van der Waals surface area contributed by atoms with Gasteiger partial charge in [0.2, 0.25) is 5.78 Å². The van der Waals surface area contributed by atoms with Crippen LogP contribution in [0.2, 0.25) is 0 Å². The van der Waals surface area contributed by atoms with Crippen molar-refractivity contribution in [3.05, 3.63) is 11.9 Å². The van der Waals surface area contributed by atoms with E-state index < -0.39 is 6.10 Å². The summed E-state index contributed by atoms with van der Waals surface area (Å²) >= 11 is 0. The van der Waals surface area contributed by atoms with Crippen LogP contribution in [-0.4, -0.2) is 35.4 Å². The quantitative estimate of drug-likeness (QED) is 0.683. The molecule has 1 unspecified atom stereocenters. The number of carbonyl (C=O) groups excluding carboxylic acids is 1. The standard InChI is InChI=1S/C12H20N2O3/c1-5-9(17-7-3)12(15)11-10(16-4)8-13-14(11)6-2/h8-9H,5-7H2,1-4H3. The van der Waals surface area contributed by atoms with Crippen LogP contribution >= 0.6 is 0 Å². The summed E-state index contributed by atoms with van der Waals surface area (Å²) < 4.78 is 12.2. The highest BCUT2D eigenvalue weighted by atomic mass is 16.5. The van der Waals surface area contributed by atoms with E-state index in [-0.39, 0.29) is 5.78 Å². The van der Waals surface area contributed by atoms with Crippen molar-refractivity contribution in [3.8, 4) is 5.75 Å². The molecule has 0 aliphatic rings. The second kappa shape index (κ2) is 6.39. The lowest BCUT2D eigenvalue weighted by Gasteiger charge is -2.15. The van der Waals surface area contributed by atoms with Crippen LogP contribution in [0.5, 0.6) is 5.75 Å². The first-order valence-corrected chi connectivity index (χ1v) is 5.95. The molecule has 5 nitrogen and oxygen atoms in total. The van der Waals surface area contributed by atoms with E-state index in [4.69, 9.17) is 9.47 Å². The molecule has 0 radical (unpaired) electrons. The van der Waals surface area contributed by atoms with Gasteiger partial charge in [-0.1, -0.05) is 6.92 Å². The van der Waals surface area contributed by atoms with Gasteiger partial charge in [0.1, 0.15) is 11.8 Å². The Hall–Kier alpha value is -1.36. The molecule has 0 spiro atoms. The first-order valence-electron chi connectivity index (χ1n) is 5.95. The SMILES string of the molecule is CCOC(CC)C(=O)c1c(OC)cnn1CC. The molecule has 1 rings (SSSR count). The zero-order valence-electron chi connectivity index (χ0n) is 10.9. The van der Waals surface area contributed by atoms with Gasteiger partial charge >= 0.3 is 0 Å². The maximum atomic E-state index is 12.3. The predicted octanol–water partition coefficient (Wildman–Crippen LogP) is 1.91. The third-order valence-corrected chi connectivity index (χ3v) is 2.59. The Morgan fingerprint density at radius 1 is 1.47 bits per heavy atom. The molecule has 0 saturated heterocycles. The minimum atomic E-state index is -0.420. The number of rotatable bonds is 7. The molecule has 0 saturated carbocycles. The van der Waals surface area contributed by atoms with Crippen molar-refractivity contribution in [3.63, 3.8) is 0 Å². The van der Waals surface area contributed by atoms with Gasteiger partial charge in [-0.2, -0.15) is 5.10 Å². The van der Waals surface area contributed by atoms with E-state index in [1.165, 1.54) is 7.11 Å². The molecule has 0 amide bonds. The smallest absolute Gasteiger partial charge is 0.213 e. The minimum Gasteiger partial charge on any atom is -0.493 e. The minimum absolute atomic E-state index is 0.0643. The Balaban J connectivity index is 3.04. The molecule has 0 bridgehead atoms. The van der Waals surface area contributed by atoms with Gasteiger partial charge in [0, 0.05) is 13.2 Å². The molecule has 0 aliphatic carbocycles. The number of Topliss-reactive ketones (excluding diaryl/α,β-unsaturated/α-hetero) is 1. The summed E-state index contributed by atoms with van der Waals surface area (Å²) in [6.07, 6.45) is 1.79. The lowest BCUT2D eigenvalue weighted by atomic mass is 10.1. The number of aromatic nitrogens is 2. The number of ether oxygens (including phenoxy) is 2. The van der Waals surface area contributed by atoms with Crippen molar-refractivity contribution in [2.45, 2.75) is 39.8 Å². The number of methoxy groups -OCH3 is 1. The van der Waals surface area contributed by atoms with Crippen molar-refractivity contribution < 1.29 is 14.3 Å². The number of hydrogen-bond acceptors (Lipinski definition) is 4. The van der Waals surface area contributed by atoms with Crippen molar-refractivity contribution in [2.75, 3.05) is 13.7 Å². The maximum Gasteiger partial charge on any atom is 0.213 e. The summed E-state index contributed by atoms with van der Waals surface area (Å²) in [6.45, 7) is 6.90. The Morgan fingerprint density at radius 3 is 2.65 bits per heavy atom. The fourth-order valence-electron chi connectivity index (χ4n) is 1.74. The fourth-order valence-corrected chi connectivity index (χ4v) is 1.74. The zero-order valence-corrected chi connectivity index (χ0v) is 10.9. The highest BCUT2D eigenvalue weighted by Gasteiger charge is 2.26. The average molecular weight is 240 g/mol. The number of hydrogen-bond donors (Lipinski definition) is 0. The van der Waals surface area contributed by atoms with E-state index in [0.717, 1.165) is 0 Å². The van der Waals surface area contributed by atoms with Crippen LogP contribution in [0.15, 0.2) is 6.20 Å². The monoisotopic (exact) mass is 240 g/mol. The van der Waals surface area contributed by atoms with Crippen LogP contribution in [0, 0.1) is 0 Å². The molecule has 17 heavy (non-hydrogen) atoms. The van der Waals surface area contributed by atoms with Gasteiger partial charge < -0.3 is 9.47 Å². The lowest BCUT2D eigenvalue weighted by Crippen LogP contribution is -2.26. The Kier molecular flexibility index (Phi) is 5.15. The average Bonchev–Trinajstić information content (AvgIpc) is 2.77. The summed E-state index contributed by atoms with van der Waals surface area (Å²) in [5.41, 5.74) is 0.496. The molecule has 1 atom stereocenters. The normalized spacial score (nSPS) is 12.5. The van der Waals surface area contributed by atoms with Crippen molar-refractivity contribution in [1.29, 1.82) is 0 Å². The second-order valence-corrected chi connectivity index (χ2v) is 3.59. The van der Waals surface area contributed by atoms with E-state index in [0.29, 0.717) is 31.0 Å². The lowest BCUT2D eigenvalue weighted by molar-refractivity contribution is 0.0431. The van der Waals surface area contributed by atoms with Crippen LogP contribution in [0.3, 0.4) is 0 Å². The molecule has 0 aliphatic heterocycles. The molecule has 0 fully saturated rings. The summed E-state index contributed by atoms with van der Waals surface area (Å²) in [4.78, 5) is 12.3. The molecule has 0 N–H and O–H groups in total. The topological polar surface area (TPSA) is 53.4 Å². The molecule has 1 aromatic rings. The fraction of sp³-hybridized carbons (Fsp3) is 0.667. The Labute approximate surface area is 102 Å². The van der Waals surface area contributed by atoms with E-state index in [1.807, 2.05) is 20.8 Å². The first kappa shape index (κ1) is 13.7. The van der Waals surface area contributed by atoms with E-state index >= 15 is 0 Å². The van der Waals surface area contributed by atoms with Gasteiger partial charge in [-0.05, 0) is 20.3 Å². The van der Waals surface area contributed by atoms with Gasteiger partial charge in [0.15, 0.2) is 5.75 Å². The van der Waals surface area contributed by atoms with Gasteiger partial charge in [-0.3, -0.25) is 9.48 Å². The molecular weight excluding hydrogens is 220 g/mol. The van der Waals surface area contributed by atoms with Crippen LogP contribution in [-0.2, 0) is 11.3 Å². The van der Waals surface area contributed by atoms with Crippen LogP contribution < -0.4 is 4.74 Å². The molecule has 1 heterocycles. The van der Waals surface area contributed by atoms with Crippen LogP contribution in [0.25, 0.3) is 0 Å². The van der Waals surface area contributed by atoms with Crippen molar-refractivity contribution in [1.82, 2.24) is 9.78 Å². The Morgan fingerprint density at radius 2 is 2.18 bits per heavy atom. The van der Waals surface area contributed by atoms with E-state index in [1.54, 1.807) is 10.9 Å². The molecule has 5 heteroatoms. The van der Waals surface area contributed by atoms with Crippen LogP contribution in [0.4, 0.5) is 0 Å².